The molecule has 1 heterocycles. The van der Waals surface area contributed by atoms with Crippen LogP contribution in [0.4, 0.5) is 10.5 Å². The van der Waals surface area contributed by atoms with Gasteiger partial charge in [0.2, 0.25) is 5.88 Å². The van der Waals surface area contributed by atoms with E-state index >= 15 is 0 Å². The Balaban J connectivity index is 2.17. The maximum Gasteiger partial charge on any atom is 0.339 e. The molecule has 9 heteroatoms. The van der Waals surface area contributed by atoms with Crippen LogP contribution in [0.2, 0.25) is 0 Å². The fourth-order valence-corrected chi connectivity index (χ4v) is 2.46. The van der Waals surface area contributed by atoms with Gasteiger partial charge in [-0.3, -0.25) is 14.3 Å². The van der Waals surface area contributed by atoms with Gasteiger partial charge < -0.3 is 10.4 Å². The van der Waals surface area contributed by atoms with E-state index in [0.29, 0.717) is 12.1 Å². The molecule has 1 atom stereocenters. The van der Waals surface area contributed by atoms with Crippen molar-refractivity contribution in [1.82, 2.24) is 15.0 Å². The third-order valence-corrected chi connectivity index (χ3v) is 3.87. The first-order valence-electron chi connectivity index (χ1n) is 7.67. The van der Waals surface area contributed by atoms with Crippen molar-refractivity contribution >= 4 is 30.2 Å². The smallest absolute Gasteiger partial charge is 0.339 e. The number of aromatic amines is 1. The first-order chi connectivity index (χ1) is 11.9. The molecule has 4 N–H and O–H groups in total. The molecule has 0 radical (unpaired) electrons. The molecule has 0 bridgehead atoms. The van der Waals surface area contributed by atoms with E-state index in [2.05, 4.69) is 20.8 Å². The molecule has 0 aliphatic rings. The van der Waals surface area contributed by atoms with Crippen molar-refractivity contribution in [3.8, 4) is 5.88 Å². The normalized spacial score (nSPS) is 12.1. The summed E-state index contributed by atoms with van der Waals surface area (Å²) in [6.07, 6.45) is 1.79. The first-order valence-corrected chi connectivity index (χ1v) is 8.07. The highest BCUT2D eigenvalue weighted by molar-refractivity contribution is 7.71. The predicted octanol–water partition coefficient (Wildman–Crippen LogP) is 2.74. The number of rotatable bonds is 5. The van der Waals surface area contributed by atoms with Gasteiger partial charge in [-0.2, -0.15) is 5.10 Å². The number of H-pyrrole nitrogens is 1. The second kappa shape index (κ2) is 8.25. The van der Waals surface area contributed by atoms with E-state index in [1.165, 1.54) is 4.57 Å². The third-order valence-electron chi connectivity index (χ3n) is 3.58. The number of anilines is 1. The Labute approximate surface area is 149 Å². The number of carbonyl (C=O) groups excluding carboxylic acids is 1. The fourth-order valence-electron chi connectivity index (χ4n) is 2.10. The highest BCUT2D eigenvalue weighted by atomic mass is 32.1. The van der Waals surface area contributed by atoms with Crippen molar-refractivity contribution in [2.45, 2.75) is 26.3 Å². The number of benzene rings is 1. The number of hydrazone groups is 1. The summed E-state index contributed by atoms with van der Waals surface area (Å²) in [7, 11) is 0. The average Bonchev–Trinajstić information content (AvgIpc) is 2.58. The molecule has 25 heavy (non-hydrogen) atoms. The van der Waals surface area contributed by atoms with Crippen LogP contribution in [-0.2, 0) is 0 Å². The molecule has 2 amide bonds. The molecule has 0 spiro atoms. The number of urea groups is 1. The van der Waals surface area contributed by atoms with Gasteiger partial charge in [0, 0.05) is 11.7 Å². The predicted molar refractivity (Wildman–Crippen MR) is 98.7 cm³/mol. The van der Waals surface area contributed by atoms with Crippen molar-refractivity contribution in [3.63, 3.8) is 0 Å². The minimum absolute atomic E-state index is 0.0890. The molecule has 8 nitrogen and oxygen atoms in total. The molecule has 2 aromatic rings. The molecule has 1 aromatic carbocycles. The fraction of sp³-hybridized carbons (Fsp3) is 0.250. The number of nitrogens with one attached hydrogen (secondary N) is 3. The Morgan fingerprint density at radius 3 is 2.76 bits per heavy atom. The van der Waals surface area contributed by atoms with Crippen molar-refractivity contribution < 1.29 is 9.90 Å². The van der Waals surface area contributed by atoms with Crippen LogP contribution in [0.15, 0.2) is 40.2 Å². The lowest BCUT2D eigenvalue weighted by Crippen LogP contribution is -2.25. The maximum atomic E-state index is 12.0. The summed E-state index contributed by atoms with van der Waals surface area (Å²) in [4.78, 5) is 26.2. The minimum atomic E-state index is -0.587. The van der Waals surface area contributed by atoms with Gasteiger partial charge in [-0.25, -0.2) is 10.2 Å². The summed E-state index contributed by atoms with van der Waals surface area (Å²) in [5.74, 6) is -0.294. The van der Waals surface area contributed by atoms with Gasteiger partial charge in [0.15, 0.2) is 4.77 Å². The number of para-hydroxylation sites is 1. The van der Waals surface area contributed by atoms with E-state index in [-0.39, 0.29) is 22.3 Å². The molecule has 1 aromatic heterocycles. The van der Waals surface area contributed by atoms with E-state index in [1.807, 2.05) is 19.9 Å². The number of aromatic hydroxyl groups is 1. The molecule has 132 valence electrons. The van der Waals surface area contributed by atoms with E-state index < -0.39 is 11.6 Å². The Kier molecular flexibility index (Phi) is 6.07. The Morgan fingerprint density at radius 2 is 2.12 bits per heavy atom. The molecular formula is C16H19N5O3S. The number of hydrogen-bond acceptors (Lipinski definition) is 5. The average molecular weight is 361 g/mol. The van der Waals surface area contributed by atoms with Crippen LogP contribution in [0.3, 0.4) is 0 Å². The van der Waals surface area contributed by atoms with Gasteiger partial charge in [0.25, 0.3) is 5.56 Å². The van der Waals surface area contributed by atoms with Crippen LogP contribution < -0.4 is 16.3 Å². The van der Waals surface area contributed by atoms with E-state index in [0.717, 1.165) is 6.21 Å². The Hall–Kier alpha value is -2.94. The summed E-state index contributed by atoms with van der Waals surface area (Å²) < 4.78 is 1.56. The quantitative estimate of drug-likeness (QED) is 0.373. The van der Waals surface area contributed by atoms with Gasteiger partial charge in [-0.1, -0.05) is 25.1 Å². The van der Waals surface area contributed by atoms with Gasteiger partial charge in [0.05, 0.1) is 6.21 Å². The Bertz CT molecular complexity index is 889. The van der Waals surface area contributed by atoms with Crippen LogP contribution in [0.1, 0.15) is 31.9 Å². The SMILES string of the molecule is CCC(C)n1c(O)c(C=NNC(=O)Nc2ccccc2)c(=O)[nH]c1=S. The zero-order chi connectivity index (χ0) is 18.4. The standard InChI is InChI=1S/C16H19N5O3S/c1-3-10(2)21-14(23)12(13(22)19-16(21)25)9-17-20-15(24)18-11-7-5-4-6-8-11/h4-10,23H,3H2,1-2H3,(H2,18,20,24)(H,19,22,25). The van der Waals surface area contributed by atoms with Crippen LogP contribution in [0.5, 0.6) is 5.88 Å². The lowest BCUT2D eigenvalue weighted by atomic mass is 10.2. The van der Waals surface area contributed by atoms with E-state index in [4.69, 9.17) is 12.2 Å². The highest BCUT2D eigenvalue weighted by Gasteiger charge is 2.14. The van der Waals surface area contributed by atoms with E-state index in [1.54, 1.807) is 24.3 Å². The summed E-state index contributed by atoms with van der Waals surface area (Å²) in [5.41, 5.74) is 2.15. The maximum absolute atomic E-state index is 12.0. The Morgan fingerprint density at radius 1 is 1.44 bits per heavy atom. The van der Waals surface area contributed by atoms with Crippen LogP contribution >= 0.6 is 12.2 Å². The van der Waals surface area contributed by atoms with Crippen molar-refractivity contribution in [2.75, 3.05) is 5.32 Å². The third kappa shape index (κ3) is 4.54. The minimum Gasteiger partial charge on any atom is -0.494 e. The number of carbonyl (C=O) groups is 1. The lowest BCUT2D eigenvalue weighted by molar-refractivity contribution is 0.252. The van der Waals surface area contributed by atoms with Crippen molar-refractivity contribution in [3.05, 3.63) is 51.0 Å². The van der Waals surface area contributed by atoms with Crippen molar-refractivity contribution in [1.29, 1.82) is 0 Å². The van der Waals surface area contributed by atoms with Crippen LogP contribution in [-0.4, -0.2) is 26.9 Å². The number of nitrogens with zero attached hydrogens (tertiary/aromatic N) is 2. The van der Waals surface area contributed by atoms with Gasteiger partial charge in [-0.05, 0) is 37.7 Å². The molecular weight excluding hydrogens is 342 g/mol. The monoisotopic (exact) mass is 361 g/mol. The highest BCUT2D eigenvalue weighted by Crippen LogP contribution is 2.19. The number of hydrogen-bond donors (Lipinski definition) is 4. The summed E-state index contributed by atoms with van der Waals surface area (Å²) in [6.45, 7) is 3.79. The summed E-state index contributed by atoms with van der Waals surface area (Å²) in [6, 6.07) is 8.14. The number of aromatic nitrogens is 2. The molecule has 0 saturated heterocycles. The van der Waals surface area contributed by atoms with Gasteiger partial charge >= 0.3 is 6.03 Å². The molecule has 1 unspecified atom stereocenters. The molecule has 0 aliphatic heterocycles. The second-order valence-corrected chi connectivity index (χ2v) is 5.70. The van der Waals surface area contributed by atoms with Crippen LogP contribution in [0.25, 0.3) is 0 Å². The summed E-state index contributed by atoms with van der Waals surface area (Å²) in [5, 5.41) is 16.6. The second-order valence-electron chi connectivity index (χ2n) is 5.31. The molecule has 2 rings (SSSR count). The molecule has 0 aliphatic carbocycles. The van der Waals surface area contributed by atoms with Crippen LogP contribution in [0, 0.1) is 4.77 Å². The number of amides is 2. The van der Waals surface area contributed by atoms with Gasteiger partial charge in [-0.15, -0.1) is 0 Å². The molecule has 0 saturated carbocycles. The lowest BCUT2D eigenvalue weighted by Gasteiger charge is -2.16. The van der Waals surface area contributed by atoms with Crippen molar-refractivity contribution in [2.24, 2.45) is 5.10 Å². The first kappa shape index (κ1) is 18.4. The van der Waals surface area contributed by atoms with Gasteiger partial charge in [0.1, 0.15) is 5.56 Å². The largest absolute Gasteiger partial charge is 0.494 e. The summed E-state index contributed by atoms with van der Waals surface area (Å²) >= 11 is 5.08. The van der Waals surface area contributed by atoms with E-state index in [9.17, 15) is 14.7 Å². The topological polar surface area (TPSA) is 112 Å². The zero-order valence-electron chi connectivity index (χ0n) is 13.8. The molecule has 0 fully saturated rings. The zero-order valence-corrected chi connectivity index (χ0v) is 14.6.